The summed E-state index contributed by atoms with van der Waals surface area (Å²) in [7, 11) is 0. The number of hydrogen-bond donors (Lipinski definition) is 0. The predicted octanol–water partition coefficient (Wildman–Crippen LogP) is 6.22. The van der Waals surface area contributed by atoms with Crippen LogP contribution in [0.2, 0.25) is 0 Å². The molecule has 1 atom stereocenters. The fraction of sp³-hybridized carbons (Fsp3) is 0.429. The van der Waals surface area contributed by atoms with Gasteiger partial charge in [0.25, 0.3) is 0 Å². The average molecular weight is 296 g/mol. The minimum Gasteiger partial charge on any atom is -0.465 e. The van der Waals surface area contributed by atoms with Crippen molar-refractivity contribution in [3.05, 3.63) is 65.5 Å². The summed E-state index contributed by atoms with van der Waals surface area (Å²) in [6, 6.07) is 8.13. The van der Waals surface area contributed by atoms with Crippen LogP contribution < -0.4 is 4.74 Å². The molecule has 1 aliphatic carbocycles. The topological polar surface area (TPSA) is 9.23 Å². The van der Waals surface area contributed by atoms with Crippen LogP contribution in [0.5, 0.6) is 5.75 Å². The molecule has 0 spiro atoms. The Balaban J connectivity index is 2.02. The molecule has 0 amide bonds. The molecule has 1 unspecified atom stereocenters. The van der Waals surface area contributed by atoms with E-state index < -0.39 is 0 Å². The summed E-state index contributed by atoms with van der Waals surface area (Å²) >= 11 is 0. The van der Waals surface area contributed by atoms with E-state index in [0.29, 0.717) is 11.3 Å². The highest BCUT2D eigenvalue weighted by Gasteiger charge is 2.30. The van der Waals surface area contributed by atoms with Crippen molar-refractivity contribution in [2.75, 3.05) is 0 Å². The quantitative estimate of drug-likeness (QED) is 0.364. The summed E-state index contributed by atoms with van der Waals surface area (Å²) in [4.78, 5) is 0. The number of ether oxygens (including phenoxy) is 1. The standard InChI is InChI=1S/C21H28O/c1-16-8-11-19(12-9-16)22-15-17(2)10-13-20-18(3)7-6-14-21(20,4)5/h7-13,15,20H,6,14H2,1-5H3. The van der Waals surface area contributed by atoms with Gasteiger partial charge in [0.2, 0.25) is 0 Å². The molecule has 1 aromatic carbocycles. The highest BCUT2D eigenvalue weighted by molar-refractivity contribution is 5.28. The first-order chi connectivity index (χ1) is 10.4. The van der Waals surface area contributed by atoms with Gasteiger partial charge in [0.15, 0.2) is 0 Å². The highest BCUT2D eigenvalue weighted by atomic mass is 16.5. The molecule has 0 aliphatic heterocycles. The van der Waals surface area contributed by atoms with Crippen LogP contribution in [0.3, 0.4) is 0 Å². The first-order valence-electron chi connectivity index (χ1n) is 8.13. The minimum absolute atomic E-state index is 0.341. The maximum absolute atomic E-state index is 5.71. The lowest BCUT2D eigenvalue weighted by molar-refractivity contribution is 0.255. The molecule has 0 bridgehead atoms. The minimum atomic E-state index is 0.341. The summed E-state index contributed by atoms with van der Waals surface area (Å²) in [5, 5.41) is 0. The Morgan fingerprint density at radius 3 is 2.50 bits per heavy atom. The molecule has 0 saturated carbocycles. The molecule has 1 nitrogen and oxygen atoms in total. The third-order valence-corrected chi connectivity index (χ3v) is 4.54. The van der Waals surface area contributed by atoms with Gasteiger partial charge in [-0.25, -0.2) is 0 Å². The van der Waals surface area contributed by atoms with Crippen molar-refractivity contribution in [2.24, 2.45) is 11.3 Å². The van der Waals surface area contributed by atoms with E-state index in [1.807, 2.05) is 18.4 Å². The van der Waals surface area contributed by atoms with Gasteiger partial charge in [0.05, 0.1) is 6.26 Å². The Morgan fingerprint density at radius 2 is 1.86 bits per heavy atom. The third kappa shape index (κ3) is 4.37. The van der Waals surface area contributed by atoms with Crippen LogP contribution >= 0.6 is 0 Å². The molecular weight excluding hydrogens is 268 g/mol. The maximum Gasteiger partial charge on any atom is 0.126 e. The van der Waals surface area contributed by atoms with Crippen LogP contribution in [-0.4, -0.2) is 0 Å². The van der Waals surface area contributed by atoms with E-state index in [9.17, 15) is 0 Å². The van der Waals surface area contributed by atoms with Crippen LogP contribution in [-0.2, 0) is 0 Å². The van der Waals surface area contributed by atoms with Gasteiger partial charge in [-0.05, 0) is 56.7 Å². The van der Waals surface area contributed by atoms with Gasteiger partial charge in [-0.3, -0.25) is 0 Å². The van der Waals surface area contributed by atoms with Crippen LogP contribution in [0.25, 0.3) is 0 Å². The highest BCUT2D eigenvalue weighted by Crippen LogP contribution is 2.41. The molecule has 0 saturated heterocycles. The van der Waals surface area contributed by atoms with E-state index in [1.54, 1.807) is 0 Å². The zero-order valence-electron chi connectivity index (χ0n) is 14.5. The van der Waals surface area contributed by atoms with Crippen molar-refractivity contribution in [1.82, 2.24) is 0 Å². The number of aryl methyl sites for hydroxylation is 1. The van der Waals surface area contributed by atoms with E-state index >= 15 is 0 Å². The molecule has 0 fully saturated rings. The predicted molar refractivity (Wildman–Crippen MR) is 95.0 cm³/mol. The molecule has 0 heterocycles. The molecule has 1 aliphatic rings. The summed E-state index contributed by atoms with van der Waals surface area (Å²) in [6.45, 7) is 11.1. The van der Waals surface area contributed by atoms with Crippen molar-refractivity contribution < 1.29 is 4.74 Å². The molecule has 0 radical (unpaired) electrons. The Bertz CT molecular complexity index is 585. The zero-order valence-corrected chi connectivity index (χ0v) is 14.5. The molecule has 22 heavy (non-hydrogen) atoms. The van der Waals surface area contributed by atoms with Gasteiger partial charge < -0.3 is 4.74 Å². The van der Waals surface area contributed by atoms with Crippen LogP contribution in [0, 0.1) is 18.3 Å². The molecular formula is C21H28O. The summed E-state index contributed by atoms with van der Waals surface area (Å²) in [5.74, 6) is 1.40. The molecule has 0 aromatic heterocycles. The van der Waals surface area contributed by atoms with Crippen molar-refractivity contribution in [1.29, 1.82) is 0 Å². The second-order valence-electron chi connectivity index (χ2n) is 7.10. The van der Waals surface area contributed by atoms with Gasteiger partial charge in [-0.15, -0.1) is 0 Å². The van der Waals surface area contributed by atoms with Crippen LogP contribution in [0.15, 0.2) is 59.9 Å². The lowest BCUT2D eigenvalue weighted by Crippen LogP contribution is -2.26. The van der Waals surface area contributed by atoms with Crippen LogP contribution in [0.1, 0.15) is 46.1 Å². The Hall–Kier alpha value is -1.76. The normalized spacial score (nSPS) is 21.8. The second-order valence-corrected chi connectivity index (χ2v) is 7.10. The number of rotatable bonds is 4. The Morgan fingerprint density at radius 1 is 1.18 bits per heavy atom. The SMILES string of the molecule is CC(C=CC1C(C)=CCCC1(C)C)=COc1ccc(C)cc1. The third-order valence-electron chi connectivity index (χ3n) is 4.54. The lowest BCUT2D eigenvalue weighted by Gasteiger charge is -2.36. The van der Waals surface area contributed by atoms with E-state index in [-0.39, 0.29) is 0 Å². The van der Waals surface area contributed by atoms with E-state index in [1.165, 1.54) is 24.0 Å². The van der Waals surface area contributed by atoms with Crippen LogP contribution in [0.4, 0.5) is 0 Å². The van der Waals surface area contributed by atoms with Gasteiger partial charge in [-0.1, -0.05) is 55.3 Å². The van der Waals surface area contributed by atoms with Gasteiger partial charge in [0.1, 0.15) is 5.75 Å². The average Bonchev–Trinajstić information content (AvgIpc) is 2.45. The van der Waals surface area contributed by atoms with E-state index in [0.717, 1.165) is 11.3 Å². The van der Waals surface area contributed by atoms with Crippen molar-refractivity contribution in [3.63, 3.8) is 0 Å². The number of hydrogen-bond acceptors (Lipinski definition) is 1. The lowest BCUT2D eigenvalue weighted by atomic mass is 9.68. The van der Waals surface area contributed by atoms with E-state index in [2.05, 4.69) is 65.0 Å². The van der Waals surface area contributed by atoms with Crippen molar-refractivity contribution >= 4 is 0 Å². The molecule has 1 heteroatoms. The fourth-order valence-electron chi connectivity index (χ4n) is 3.05. The van der Waals surface area contributed by atoms with Gasteiger partial charge in [0, 0.05) is 5.92 Å². The van der Waals surface area contributed by atoms with Gasteiger partial charge in [-0.2, -0.15) is 0 Å². The number of benzene rings is 1. The fourth-order valence-corrected chi connectivity index (χ4v) is 3.05. The monoisotopic (exact) mass is 296 g/mol. The largest absolute Gasteiger partial charge is 0.465 e. The summed E-state index contributed by atoms with van der Waals surface area (Å²) < 4.78 is 5.71. The first-order valence-corrected chi connectivity index (χ1v) is 8.13. The maximum atomic E-state index is 5.71. The Labute approximate surface area is 135 Å². The smallest absolute Gasteiger partial charge is 0.126 e. The molecule has 0 N–H and O–H groups in total. The molecule has 118 valence electrons. The second kappa shape index (κ2) is 7.00. The zero-order chi connectivity index (χ0) is 16.2. The summed E-state index contributed by atoms with van der Waals surface area (Å²) in [6.07, 6.45) is 11.2. The first kappa shape index (κ1) is 16.6. The molecule has 2 rings (SSSR count). The molecule has 1 aromatic rings. The van der Waals surface area contributed by atoms with Crippen molar-refractivity contribution in [2.45, 2.75) is 47.5 Å². The Kier molecular flexibility index (Phi) is 5.28. The van der Waals surface area contributed by atoms with Gasteiger partial charge >= 0.3 is 0 Å². The van der Waals surface area contributed by atoms with Crippen molar-refractivity contribution in [3.8, 4) is 5.75 Å². The summed E-state index contributed by atoms with van der Waals surface area (Å²) in [5.41, 5.74) is 4.21. The van der Waals surface area contributed by atoms with E-state index in [4.69, 9.17) is 4.74 Å². The number of allylic oxidation sites excluding steroid dienone is 5.